The summed E-state index contributed by atoms with van der Waals surface area (Å²) in [5.41, 5.74) is 4.75. The number of amides is 2. The van der Waals surface area contributed by atoms with Gasteiger partial charge in [-0.25, -0.2) is 9.59 Å². The predicted molar refractivity (Wildman–Crippen MR) is 124 cm³/mol. The van der Waals surface area contributed by atoms with E-state index in [1.807, 2.05) is 24.3 Å². The lowest BCUT2D eigenvalue weighted by atomic mass is 9.73. The van der Waals surface area contributed by atoms with E-state index in [0.29, 0.717) is 25.3 Å². The maximum atomic E-state index is 12.3. The van der Waals surface area contributed by atoms with Gasteiger partial charge in [-0.05, 0) is 53.4 Å². The Labute approximate surface area is 193 Å². The average molecular weight is 451 g/mol. The van der Waals surface area contributed by atoms with E-state index in [1.54, 1.807) is 6.92 Å². The highest BCUT2D eigenvalue weighted by Crippen LogP contribution is 2.44. The molecule has 7 nitrogen and oxygen atoms in total. The summed E-state index contributed by atoms with van der Waals surface area (Å²) in [5.74, 6) is -0.662. The maximum Gasteiger partial charge on any atom is 0.407 e. The smallest absolute Gasteiger partial charge is 0.407 e. The molecule has 174 valence electrons. The Balaban J connectivity index is 1.18. The van der Waals surface area contributed by atoms with Gasteiger partial charge in [0.2, 0.25) is 5.91 Å². The molecule has 0 aliphatic heterocycles. The molecule has 2 aliphatic rings. The van der Waals surface area contributed by atoms with Gasteiger partial charge in [-0.3, -0.25) is 4.79 Å². The van der Waals surface area contributed by atoms with Gasteiger partial charge in [0, 0.05) is 18.9 Å². The van der Waals surface area contributed by atoms with E-state index < -0.39 is 18.1 Å². The van der Waals surface area contributed by atoms with E-state index in [-0.39, 0.29) is 24.3 Å². The molecule has 2 aromatic carbocycles. The van der Waals surface area contributed by atoms with Crippen molar-refractivity contribution in [1.82, 2.24) is 10.6 Å². The summed E-state index contributed by atoms with van der Waals surface area (Å²) in [5, 5.41) is 14.4. The van der Waals surface area contributed by atoms with Crippen molar-refractivity contribution < 1.29 is 24.2 Å². The van der Waals surface area contributed by atoms with Crippen LogP contribution in [0, 0.1) is 11.8 Å². The van der Waals surface area contributed by atoms with E-state index in [4.69, 9.17) is 9.84 Å². The quantitative estimate of drug-likeness (QED) is 0.537. The molecule has 7 heteroatoms. The lowest BCUT2D eigenvalue weighted by molar-refractivity contribution is -0.142. The fourth-order valence-electron chi connectivity index (χ4n) is 4.94. The predicted octanol–water partition coefficient (Wildman–Crippen LogP) is 3.92. The number of carbonyl (C=O) groups excluding carboxylic acids is 2. The maximum absolute atomic E-state index is 12.3. The molecular weight excluding hydrogens is 420 g/mol. The molecule has 33 heavy (non-hydrogen) atoms. The largest absolute Gasteiger partial charge is 0.480 e. The van der Waals surface area contributed by atoms with E-state index in [9.17, 15) is 14.4 Å². The molecule has 2 aromatic rings. The van der Waals surface area contributed by atoms with Gasteiger partial charge in [0.25, 0.3) is 0 Å². The number of rotatable bonds is 9. The minimum Gasteiger partial charge on any atom is -0.480 e. The van der Waals surface area contributed by atoms with Crippen molar-refractivity contribution in [3.63, 3.8) is 0 Å². The molecule has 2 amide bonds. The second-order valence-corrected chi connectivity index (χ2v) is 8.98. The third-order valence-corrected chi connectivity index (χ3v) is 6.73. The summed E-state index contributed by atoms with van der Waals surface area (Å²) in [4.78, 5) is 35.3. The lowest BCUT2D eigenvalue weighted by Gasteiger charge is -2.35. The van der Waals surface area contributed by atoms with Crippen molar-refractivity contribution in [2.75, 3.05) is 13.2 Å². The molecule has 3 N–H and O–H groups in total. The van der Waals surface area contributed by atoms with Gasteiger partial charge in [-0.1, -0.05) is 55.5 Å². The first-order valence-electron chi connectivity index (χ1n) is 11.6. The number of carbonyl (C=O) groups is 3. The molecule has 0 aromatic heterocycles. The monoisotopic (exact) mass is 450 g/mol. The molecule has 4 rings (SSSR count). The second kappa shape index (κ2) is 10.1. The number of carboxylic acids is 1. The normalized spacial score (nSPS) is 19.5. The van der Waals surface area contributed by atoms with E-state index in [2.05, 4.69) is 34.9 Å². The number of nitrogens with one attached hydrogen (secondary N) is 2. The highest BCUT2D eigenvalue weighted by Gasteiger charge is 2.32. The molecule has 0 heterocycles. The molecule has 1 saturated carbocycles. The van der Waals surface area contributed by atoms with Crippen LogP contribution in [0.15, 0.2) is 48.5 Å². The van der Waals surface area contributed by atoms with E-state index in [0.717, 1.165) is 12.8 Å². The van der Waals surface area contributed by atoms with Gasteiger partial charge in [-0.15, -0.1) is 0 Å². The lowest BCUT2D eigenvalue weighted by Crippen LogP contribution is -2.43. The van der Waals surface area contributed by atoms with Crippen LogP contribution in [0.3, 0.4) is 0 Å². The summed E-state index contributed by atoms with van der Waals surface area (Å²) in [6.07, 6.45) is 1.93. The van der Waals surface area contributed by atoms with Crippen LogP contribution in [0.1, 0.15) is 49.7 Å². The van der Waals surface area contributed by atoms with Gasteiger partial charge >= 0.3 is 12.1 Å². The fraction of sp³-hybridized carbons (Fsp3) is 0.423. The van der Waals surface area contributed by atoms with Crippen molar-refractivity contribution in [2.24, 2.45) is 11.8 Å². The number of fused-ring (bicyclic) bond motifs is 3. The Morgan fingerprint density at radius 1 is 1.00 bits per heavy atom. The molecular formula is C26H30N2O5. The van der Waals surface area contributed by atoms with Gasteiger partial charge in [0.05, 0.1) is 0 Å². The molecule has 1 atom stereocenters. The molecule has 1 unspecified atom stereocenters. The van der Waals surface area contributed by atoms with Crippen LogP contribution in [-0.2, 0) is 14.3 Å². The highest BCUT2D eigenvalue weighted by molar-refractivity contribution is 5.83. The van der Waals surface area contributed by atoms with Crippen LogP contribution < -0.4 is 10.6 Å². The van der Waals surface area contributed by atoms with Crippen LogP contribution in [0.5, 0.6) is 0 Å². The Morgan fingerprint density at radius 2 is 1.61 bits per heavy atom. The number of benzene rings is 2. The summed E-state index contributed by atoms with van der Waals surface area (Å²) < 4.78 is 5.56. The summed E-state index contributed by atoms with van der Waals surface area (Å²) in [7, 11) is 0. The number of carboxylic acid groups (broad SMARTS) is 1. The Hall–Kier alpha value is -3.35. The van der Waals surface area contributed by atoms with Gasteiger partial charge < -0.3 is 20.5 Å². The molecule has 0 radical (unpaired) electrons. The average Bonchev–Trinajstić information content (AvgIpc) is 3.11. The topological polar surface area (TPSA) is 105 Å². The van der Waals surface area contributed by atoms with Crippen molar-refractivity contribution >= 4 is 18.0 Å². The number of ether oxygens (including phenoxy) is 1. The molecule has 0 spiro atoms. The van der Waals surface area contributed by atoms with E-state index in [1.165, 1.54) is 22.3 Å². The van der Waals surface area contributed by atoms with Crippen molar-refractivity contribution in [3.05, 3.63) is 59.7 Å². The Kier molecular flexibility index (Phi) is 6.96. The van der Waals surface area contributed by atoms with Crippen LogP contribution in [0.25, 0.3) is 11.1 Å². The summed E-state index contributed by atoms with van der Waals surface area (Å²) in [6.45, 7) is 2.53. The van der Waals surface area contributed by atoms with Gasteiger partial charge in [0.1, 0.15) is 12.6 Å². The molecule has 1 fully saturated rings. The standard InChI is InChI=1S/C26H30N2O5/c1-2-23(25(30)31)28-24(29)13-16-11-17(12-16)14-27-26(32)33-15-22-20-9-5-3-7-18(20)19-8-4-6-10-21(19)22/h3-10,16-17,22-23H,2,11-15H2,1H3,(H,27,32)(H,28,29)(H,30,31). The van der Waals surface area contributed by atoms with Crippen LogP contribution >= 0.6 is 0 Å². The zero-order chi connectivity index (χ0) is 23.4. The minimum atomic E-state index is -1.01. The minimum absolute atomic E-state index is 0.0347. The molecule has 0 saturated heterocycles. The van der Waals surface area contributed by atoms with Crippen LogP contribution in [-0.4, -0.2) is 42.3 Å². The van der Waals surface area contributed by atoms with Crippen molar-refractivity contribution in [3.8, 4) is 11.1 Å². The third kappa shape index (κ3) is 5.18. The number of aliphatic carboxylic acids is 1. The van der Waals surface area contributed by atoms with Gasteiger partial charge in [-0.2, -0.15) is 0 Å². The Bertz CT molecular complexity index is 985. The summed E-state index contributed by atoms with van der Waals surface area (Å²) in [6, 6.07) is 15.6. The first kappa shape index (κ1) is 22.8. The summed E-state index contributed by atoms with van der Waals surface area (Å²) >= 11 is 0. The number of hydrogen-bond acceptors (Lipinski definition) is 4. The van der Waals surface area contributed by atoms with Gasteiger partial charge in [0.15, 0.2) is 0 Å². The zero-order valence-electron chi connectivity index (χ0n) is 18.8. The van der Waals surface area contributed by atoms with E-state index >= 15 is 0 Å². The molecule has 0 bridgehead atoms. The third-order valence-electron chi connectivity index (χ3n) is 6.73. The zero-order valence-corrected chi connectivity index (χ0v) is 18.8. The number of hydrogen-bond donors (Lipinski definition) is 3. The highest BCUT2D eigenvalue weighted by atomic mass is 16.5. The first-order chi connectivity index (χ1) is 16.0. The van der Waals surface area contributed by atoms with Crippen molar-refractivity contribution in [2.45, 2.75) is 44.6 Å². The Morgan fingerprint density at radius 3 is 2.18 bits per heavy atom. The number of alkyl carbamates (subject to hydrolysis) is 1. The van der Waals surface area contributed by atoms with Crippen LogP contribution in [0.2, 0.25) is 0 Å². The second-order valence-electron chi connectivity index (χ2n) is 8.98. The first-order valence-corrected chi connectivity index (χ1v) is 11.6. The fourth-order valence-corrected chi connectivity index (χ4v) is 4.94. The van der Waals surface area contributed by atoms with Crippen LogP contribution in [0.4, 0.5) is 4.79 Å². The van der Waals surface area contributed by atoms with Crippen molar-refractivity contribution in [1.29, 1.82) is 0 Å². The SMILES string of the molecule is CCC(NC(=O)CC1CC(CNC(=O)OCC2c3ccccc3-c3ccccc32)C1)C(=O)O. The molecule has 2 aliphatic carbocycles.